The lowest BCUT2D eigenvalue weighted by Gasteiger charge is -2.03. The molecule has 0 unspecified atom stereocenters. The highest BCUT2D eigenvalue weighted by Gasteiger charge is 2.28. The van der Waals surface area contributed by atoms with Gasteiger partial charge in [-0.3, -0.25) is 25.0 Å². The van der Waals surface area contributed by atoms with Gasteiger partial charge >= 0.3 is 17.3 Å². The van der Waals surface area contributed by atoms with Crippen molar-refractivity contribution in [1.82, 2.24) is 0 Å². The molecule has 1 rings (SSSR count). The van der Waals surface area contributed by atoms with Crippen LogP contribution in [0.2, 0.25) is 0 Å². The zero-order valence-electron chi connectivity index (χ0n) is 8.52. The van der Waals surface area contributed by atoms with Gasteiger partial charge in [-0.05, 0) is 0 Å². The minimum atomic E-state index is -1.56. The summed E-state index contributed by atoms with van der Waals surface area (Å²) in [6.07, 6.45) is 0.0236. The van der Waals surface area contributed by atoms with E-state index in [1.807, 2.05) is 5.32 Å². The summed E-state index contributed by atoms with van der Waals surface area (Å²) in [7, 11) is 0. The van der Waals surface area contributed by atoms with Gasteiger partial charge in [0, 0.05) is 12.1 Å². The Morgan fingerprint density at radius 3 is 1.94 bits per heavy atom. The molecule has 0 aliphatic carbocycles. The quantitative estimate of drug-likeness (QED) is 0.447. The first-order chi connectivity index (χ1) is 8.38. The van der Waals surface area contributed by atoms with Crippen molar-refractivity contribution < 1.29 is 24.5 Å². The van der Waals surface area contributed by atoms with Crippen molar-refractivity contribution in [1.29, 1.82) is 0 Å². The molecule has 0 atom stereocenters. The molecule has 0 aromatic heterocycles. The number of anilines is 1. The number of nitrogens with zero attached hydrogens (tertiary/aromatic N) is 2. The van der Waals surface area contributed by atoms with Crippen LogP contribution in [0.1, 0.15) is 10.4 Å². The van der Waals surface area contributed by atoms with Crippen LogP contribution in [0.15, 0.2) is 12.1 Å². The number of carboxylic acid groups (broad SMARTS) is 1. The highest BCUT2D eigenvalue weighted by atomic mass is 16.6. The summed E-state index contributed by atoms with van der Waals surface area (Å²) in [6, 6.07) is 1.25. The third-order valence-corrected chi connectivity index (χ3v) is 1.94. The van der Waals surface area contributed by atoms with Crippen LogP contribution in [0.4, 0.5) is 17.1 Å². The molecule has 0 saturated heterocycles. The number of hydrogen-bond acceptors (Lipinski definition) is 6. The van der Waals surface area contributed by atoms with Crippen molar-refractivity contribution in [3.63, 3.8) is 0 Å². The maximum Gasteiger partial charge on any atom is 0.336 e. The molecule has 0 fully saturated rings. The standard InChI is InChI=1S/C8H5N3O7/c12-3-9-7-5(10(15)16)1-4(8(13)14)2-6(7)11(17)18/h1-3H,(H,9,12)(H,13,14). The third-order valence-electron chi connectivity index (χ3n) is 1.94. The lowest BCUT2D eigenvalue weighted by Crippen LogP contribution is -2.07. The Bertz CT molecular complexity index is 519. The molecule has 1 aromatic rings. The maximum atomic E-state index is 10.7. The van der Waals surface area contributed by atoms with E-state index in [0.717, 1.165) is 0 Å². The fourth-order valence-electron chi connectivity index (χ4n) is 1.23. The second kappa shape index (κ2) is 4.86. The molecule has 0 aliphatic heterocycles. The van der Waals surface area contributed by atoms with E-state index in [0.29, 0.717) is 12.1 Å². The Morgan fingerprint density at radius 2 is 1.67 bits per heavy atom. The highest BCUT2D eigenvalue weighted by Crippen LogP contribution is 2.35. The van der Waals surface area contributed by atoms with Gasteiger partial charge in [0.25, 0.3) is 0 Å². The second-order valence-electron chi connectivity index (χ2n) is 2.97. The number of carbonyl (C=O) groups is 2. The van der Waals surface area contributed by atoms with Crippen LogP contribution in [0.3, 0.4) is 0 Å². The first-order valence-corrected chi connectivity index (χ1v) is 4.28. The van der Waals surface area contributed by atoms with Crippen LogP contribution in [-0.4, -0.2) is 27.3 Å². The van der Waals surface area contributed by atoms with Crippen LogP contribution in [0.5, 0.6) is 0 Å². The van der Waals surface area contributed by atoms with Gasteiger partial charge in [-0.2, -0.15) is 0 Å². The van der Waals surface area contributed by atoms with Crippen LogP contribution in [0.25, 0.3) is 0 Å². The number of amides is 1. The molecule has 0 aliphatic rings. The van der Waals surface area contributed by atoms with E-state index in [9.17, 15) is 29.8 Å². The highest BCUT2D eigenvalue weighted by molar-refractivity contribution is 5.94. The number of hydrogen-bond donors (Lipinski definition) is 2. The molecule has 1 amide bonds. The number of rotatable bonds is 5. The van der Waals surface area contributed by atoms with Gasteiger partial charge < -0.3 is 10.4 Å². The number of aromatic carboxylic acids is 1. The average molecular weight is 255 g/mol. The van der Waals surface area contributed by atoms with Crippen molar-refractivity contribution in [2.45, 2.75) is 0 Å². The van der Waals surface area contributed by atoms with Crippen molar-refractivity contribution in [3.8, 4) is 0 Å². The van der Waals surface area contributed by atoms with E-state index in [2.05, 4.69) is 0 Å². The first kappa shape index (κ1) is 13.0. The van der Waals surface area contributed by atoms with Crippen LogP contribution < -0.4 is 5.32 Å². The van der Waals surface area contributed by atoms with E-state index in [1.54, 1.807) is 0 Å². The fourth-order valence-corrected chi connectivity index (χ4v) is 1.23. The van der Waals surface area contributed by atoms with E-state index in [4.69, 9.17) is 5.11 Å². The predicted molar refractivity (Wildman–Crippen MR) is 56.4 cm³/mol. The number of carbonyl (C=O) groups excluding carboxylic acids is 1. The molecule has 10 nitrogen and oxygen atoms in total. The maximum absolute atomic E-state index is 10.7. The zero-order chi connectivity index (χ0) is 13.9. The molecule has 18 heavy (non-hydrogen) atoms. The van der Waals surface area contributed by atoms with Gasteiger partial charge in [0.1, 0.15) is 0 Å². The molecule has 94 valence electrons. The Morgan fingerprint density at radius 1 is 1.22 bits per heavy atom. The van der Waals surface area contributed by atoms with Crippen molar-refractivity contribution in [2.24, 2.45) is 0 Å². The summed E-state index contributed by atoms with van der Waals surface area (Å²) in [5, 5.41) is 31.9. The minimum absolute atomic E-state index is 0.0236. The monoisotopic (exact) mass is 255 g/mol. The normalized spacial score (nSPS) is 9.56. The average Bonchev–Trinajstić information content (AvgIpc) is 2.28. The van der Waals surface area contributed by atoms with E-state index < -0.39 is 38.4 Å². The molecule has 0 radical (unpaired) electrons. The molecular formula is C8H5N3O7. The van der Waals surface area contributed by atoms with E-state index in [1.165, 1.54) is 0 Å². The van der Waals surface area contributed by atoms with Gasteiger partial charge in [0.05, 0.1) is 15.4 Å². The van der Waals surface area contributed by atoms with Crippen LogP contribution in [0, 0.1) is 20.2 Å². The molecule has 10 heteroatoms. The van der Waals surface area contributed by atoms with Gasteiger partial charge in [0.15, 0.2) is 5.69 Å². The Kier molecular flexibility index (Phi) is 3.52. The summed E-state index contributed by atoms with van der Waals surface area (Å²) in [5.74, 6) is -1.56. The number of nitrogens with one attached hydrogen (secondary N) is 1. The van der Waals surface area contributed by atoms with E-state index >= 15 is 0 Å². The zero-order valence-corrected chi connectivity index (χ0v) is 8.52. The lowest BCUT2D eigenvalue weighted by molar-refractivity contribution is -0.392. The van der Waals surface area contributed by atoms with Crippen molar-refractivity contribution >= 4 is 29.4 Å². The number of benzene rings is 1. The molecule has 0 heterocycles. The summed E-state index contributed by atoms with van der Waals surface area (Å²) >= 11 is 0. The fraction of sp³-hybridized carbons (Fsp3) is 0. The summed E-state index contributed by atoms with van der Waals surface area (Å²) in [4.78, 5) is 40.3. The van der Waals surface area contributed by atoms with Gasteiger partial charge in [-0.15, -0.1) is 0 Å². The molecule has 0 spiro atoms. The molecule has 1 aromatic carbocycles. The van der Waals surface area contributed by atoms with Crippen molar-refractivity contribution in [2.75, 3.05) is 5.32 Å². The Balaban J connectivity index is 3.64. The Labute approximate surface area is 98.1 Å². The topological polar surface area (TPSA) is 153 Å². The molecule has 0 bridgehead atoms. The number of carboxylic acids is 1. The second-order valence-corrected chi connectivity index (χ2v) is 2.97. The smallest absolute Gasteiger partial charge is 0.336 e. The molecule has 2 N–H and O–H groups in total. The van der Waals surface area contributed by atoms with E-state index in [-0.39, 0.29) is 6.41 Å². The first-order valence-electron chi connectivity index (χ1n) is 4.28. The largest absolute Gasteiger partial charge is 0.478 e. The van der Waals surface area contributed by atoms with Gasteiger partial charge in [-0.1, -0.05) is 0 Å². The summed E-state index contributed by atoms with van der Waals surface area (Å²) in [5.41, 5.74) is -3.02. The Hall–Kier alpha value is -3.04. The van der Waals surface area contributed by atoms with Gasteiger partial charge in [-0.25, -0.2) is 4.79 Å². The lowest BCUT2D eigenvalue weighted by atomic mass is 10.1. The SMILES string of the molecule is O=CNc1c([N+](=O)[O-])cc(C(=O)O)cc1[N+](=O)[O-]. The number of nitro groups is 2. The summed E-state index contributed by atoms with van der Waals surface area (Å²) in [6.45, 7) is 0. The van der Waals surface area contributed by atoms with Crippen LogP contribution >= 0.6 is 0 Å². The molecular weight excluding hydrogens is 250 g/mol. The van der Waals surface area contributed by atoms with Crippen LogP contribution in [-0.2, 0) is 4.79 Å². The molecule has 0 saturated carbocycles. The predicted octanol–water partition coefficient (Wildman–Crippen LogP) is 0.769. The third kappa shape index (κ3) is 2.37. The van der Waals surface area contributed by atoms with Gasteiger partial charge in [0.2, 0.25) is 6.41 Å². The van der Waals surface area contributed by atoms with Crippen molar-refractivity contribution in [3.05, 3.63) is 37.9 Å². The number of nitro benzene ring substituents is 2. The summed E-state index contributed by atoms with van der Waals surface area (Å²) < 4.78 is 0. The minimum Gasteiger partial charge on any atom is -0.478 e.